The molecule has 1 aliphatic heterocycles. The van der Waals surface area contributed by atoms with Gasteiger partial charge in [0.2, 0.25) is 5.91 Å². The van der Waals surface area contributed by atoms with Gasteiger partial charge in [-0.25, -0.2) is 4.99 Å². The number of halogens is 2. The third-order valence-electron chi connectivity index (χ3n) is 4.58. The number of benzene rings is 1. The van der Waals surface area contributed by atoms with Crippen molar-refractivity contribution in [3.05, 3.63) is 51.7 Å². The maximum absolute atomic E-state index is 11.9. The average molecular weight is 548 g/mol. The van der Waals surface area contributed by atoms with Gasteiger partial charge in [-0.15, -0.1) is 35.3 Å². The number of amides is 1. The molecule has 2 heterocycles. The zero-order chi connectivity index (χ0) is 19.9. The minimum Gasteiger partial charge on any atom is -0.369 e. The molecule has 0 aliphatic carbocycles. The molecule has 2 N–H and O–H groups in total. The number of rotatable bonds is 6. The fraction of sp³-hybridized carbons (Fsp3) is 0.400. The van der Waals surface area contributed by atoms with Crippen molar-refractivity contribution in [2.75, 3.05) is 38.6 Å². The third kappa shape index (κ3) is 7.35. The average Bonchev–Trinajstić information content (AvgIpc) is 3.35. The minimum absolute atomic E-state index is 0. The van der Waals surface area contributed by atoms with Crippen molar-refractivity contribution >= 4 is 64.5 Å². The van der Waals surface area contributed by atoms with Crippen LogP contribution in [-0.4, -0.2) is 56.5 Å². The second-order valence-electron chi connectivity index (χ2n) is 6.94. The van der Waals surface area contributed by atoms with Crippen LogP contribution in [0.4, 0.5) is 5.69 Å². The molecule has 2 aromatic rings. The number of aliphatic imine (C=N–C) groups is 1. The monoisotopic (exact) mass is 547 g/mol. The van der Waals surface area contributed by atoms with Crippen molar-refractivity contribution in [3.63, 3.8) is 0 Å². The van der Waals surface area contributed by atoms with Gasteiger partial charge in [0.25, 0.3) is 0 Å². The van der Waals surface area contributed by atoms with Crippen LogP contribution in [0.1, 0.15) is 11.3 Å². The topological polar surface area (TPSA) is 60.0 Å². The molecule has 29 heavy (non-hydrogen) atoms. The SMILES string of the molecule is CN(C)C(=O)CN=C(NCc1cccs1)NC1CCN(c2cccc(Cl)c2)C1.I. The second kappa shape index (κ2) is 11.6. The van der Waals surface area contributed by atoms with Gasteiger partial charge < -0.3 is 20.4 Å². The fourth-order valence-electron chi connectivity index (χ4n) is 3.00. The highest BCUT2D eigenvalue weighted by molar-refractivity contribution is 14.0. The van der Waals surface area contributed by atoms with E-state index in [1.807, 2.05) is 24.3 Å². The Bertz CT molecular complexity index is 815. The number of hydrogen-bond acceptors (Lipinski definition) is 4. The Hall–Kier alpha value is -1.52. The molecular weight excluding hydrogens is 521 g/mol. The summed E-state index contributed by atoms with van der Waals surface area (Å²) in [6.45, 7) is 2.62. The molecule has 0 bridgehead atoms. The van der Waals surface area contributed by atoms with Crippen molar-refractivity contribution < 1.29 is 4.79 Å². The molecule has 0 saturated carbocycles. The molecule has 6 nitrogen and oxygen atoms in total. The standard InChI is InChI=1S/C20H26ClN5OS.HI/c1-25(2)19(27)13-23-20(22-12-18-7-4-10-28-18)24-16-8-9-26(14-16)17-6-3-5-15(21)11-17;/h3-7,10-11,16H,8-9,12-14H2,1-2H3,(H2,22,23,24);1H. The summed E-state index contributed by atoms with van der Waals surface area (Å²) >= 11 is 7.82. The van der Waals surface area contributed by atoms with Crippen LogP contribution in [0.5, 0.6) is 0 Å². The predicted octanol–water partition coefficient (Wildman–Crippen LogP) is 3.42. The maximum Gasteiger partial charge on any atom is 0.243 e. The number of hydrogen-bond donors (Lipinski definition) is 2. The van der Waals surface area contributed by atoms with E-state index in [0.717, 1.165) is 30.2 Å². The Labute approximate surface area is 198 Å². The Morgan fingerprint density at radius 3 is 2.86 bits per heavy atom. The molecule has 1 saturated heterocycles. The van der Waals surface area contributed by atoms with E-state index in [9.17, 15) is 4.79 Å². The van der Waals surface area contributed by atoms with E-state index in [4.69, 9.17) is 11.6 Å². The number of thiophene rings is 1. The van der Waals surface area contributed by atoms with Gasteiger partial charge in [0, 0.05) is 48.8 Å². The van der Waals surface area contributed by atoms with Gasteiger partial charge in [-0.3, -0.25) is 4.79 Å². The van der Waals surface area contributed by atoms with Gasteiger partial charge in [-0.2, -0.15) is 0 Å². The molecular formula is C20H27ClIN5OS. The number of nitrogens with one attached hydrogen (secondary N) is 2. The molecule has 9 heteroatoms. The third-order valence-corrected chi connectivity index (χ3v) is 5.70. The zero-order valence-electron chi connectivity index (χ0n) is 16.6. The lowest BCUT2D eigenvalue weighted by atomic mass is 10.2. The molecule has 1 amide bonds. The summed E-state index contributed by atoms with van der Waals surface area (Å²) in [5, 5.41) is 9.63. The molecule has 0 radical (unpaired) electrons. The van der Waals surface area contributed by atoms with Crippen LogP contribution in [0.25, 0.3) is 0 Å². The number of carbonyl (C=O) groups excluding carboxylic acids is 1. The molecule has 1 fully saturated rings. The van der Waals surface area contributed by atoms with E-state index >= 15 is 0 Å². The molecule has 1 aromatic carbocycles. The van der Waals surface area contributed by atoms with E-state index in [0.29, 0.717) is 12.5 Å². The Morgan fingerprint density at radius 1 is 1.34 bits per heavy atom. The summed E-state index contributed by atoms with van der Waals surface area (Å²) in [5.41, 5.74) is 1.13. The van der Waals surface area contributed by atoms with Crippen LogP contribution in [0.2, 0.25) is 5.02 Å². The van der Waals surface area contributed by atoms with Crippen LogP contribution >= 0.6 is 46.9 Å². The Morgan fingerprint density at radius 2 is 2.17 bits per heavy atom. The van der Waals surface area contributed by atoms with Crippen LogP contribution < -0.4 is 15.5 Å². The summed E-state index contributed by atoms with van der Waals surface area (Å²) < 4.78 is 0. The molecule has 1 atom stereocenters. The van der Waals surface area contributed by atoms with Crippen molar-refractivity contribution in [1.29, 1.82) is 0 Å². The number of guanidine groups is 1. The quantitative estimate of drug-likeness (QED) is 0.331. The normalized spacial score (nSPS) is 16.3. The molecule has 0 spiro atoms. The lowest BCUT2D eigenvalue weighted by molar-refractivity contribution is -0.127. The van der Waals surface area contributed by atoms with Crippen molar-refractivity contribution in [2.45, 2.75) is 19.0 Å². The highest BCUT2D eigenvalue weighted by Crippen LogP contribution is 2.23. The smallest absolute Gasteiger partial charge is 0.243 e. The minimum atomic E-state index is -0.0239. The predicted molar refractivity (Wildman–Crippen MR) is 133 cm³/mol. The summed E-state index contributed by atoms with van der Waals surface area (Å²) in [6, 6.07) is 12.3. The highest BCUT2D eigenvalue weighted by Gasteiger charge is 2.23. The van der Waals surface area contributed by atoms with Crippen LogP contribution in [-0.2, 0) is 11.3 Å². The Balaban J connectivity index is 0.00000300. The first-order valence-electron chi connectivity index (χ1n) is 9.29. The zero-order valence-corrected chi connectivity index (χ0v) is 20.5. The van der Waals surface area contributed by atoms with E-state index < -0.39 is 0 Å². The first-order valence-corrected chi connectivity index (χ1v) is 10.5. The van der Waals surface area contributed by atoms with E-state index in [-0.39, 0.29) is 42.5 Å². The molecule has 1 aliphatic rings. The van der Waals surface area contributed by atoms with E-state index in [2.05, 4.69) is 38.0 Å². The number of nitrogens with zero attached hydrogens (tertiary/aromatic N) is 3. The first kappa shape index (κ1) is 23.8. The van der Waals surface area contributed by atoms with Crippen LogP contribution in [0, 0.1) is 0 Å². The van der Waals surface area contributed by atoms with Crippen molar-refractivity contribution in [3.8, 4) is 0 Å². The molecule has 1 aromatic heterocycles. The van der Waals surface area contributed by atoms with Gasteiger partial charge in [-0.05, 0) is 36.1 Å². The number of carbonyl (C=O) groups is 1. The summed E-state index contributed by atoms with van der Waals surface area (Å²) in [7, 11) is 3.48. The lowest BCUT2D eigenvalue weighted by Crippen LogP contribution is -2.45. The van der Waals surface area contributed by atoms with Crippen molar-refractivity contribution in [1.82, 2.24) is 15.5 Å². The number of likely N-dealkylation sites (N-methyl/N-ethyl adjacent to an activating group) is 1. The Kier molecular flexibility index (Phi) is 9.51. The summed E-state index contributed by atoms with van der Waals surface area (Å²) in [5.74, 6) is 0.644. The van der Waals surface area contributed by atoms with Gasteiger partial charge in [-0.1, -0.05) is 23.7 Å². The van der Waals surface area contributed by atoms with Gasteiger partial charge in [0.15, 0.2) is 5.96 Å². The summed E-state index contributed by atoms with van der Waals surface area (Å²) in [6.07, 6.45) is 0.994. The first-order chi connectivity index (χ1) is 13.5. The second-order valence-corrected chi connectivity index (χ2v) is 8.41. The lowest BCUT2D eigenvalue weighted by Gasteiger charge is -2.21. The van der Waals surface area contributed by atoms with Crippen molar-refractivity contribution in [2.24, 2.45) is 4.99 Å². The summed E-state index contributed by atoms with van der Waals surface area (Å²) in [4.78, 5) is 21.5. The van der Waals surface area contributed by atoms with E-state index in [1.54, 1.807) is 30.3 Å². The van der Waals surface area contributed by atoms with Crippen LogP contribution in [0.3, 0.4) is 0 Å². The van der Waals surface area contributed by atoms with Gasteiger partial charge >= 0.3 is 0 Å². The highest BCUT2D eigenvalue weighted by atomic mass is 127. The van der Waals surface area contributed by atoms with Gasteiger partial charge in [0.1, 0.15) is 6.54 Å². The molecule has 1 unspecified atom stereocenters. The van der Waals surface area contributed by atoms with Crippen LogP contribution in [0.15, 0.2) is 46.8 Å². The molecule has 3 rings (SSSR count). The molecule has 158 valence electrons. The van der Waals surface area contributed by atoms with Gasteiger partial charge in [0.05, 0.1) is 6.54 Å². The maximum atomic E-state index is 11.9. The number of anilines is 1. The van der Waals surface area contributed by atoms with E-state index in [1.165, 1.54) is 4.88 Å². The fourth-order valence-corrected chi connectivity index (χ4v) is 3.83. The largest absolute Gasteiger partial charge is 0.369 e.